The molecule has 9 N–H and O–H groups in total. The van der Waals surface area contributed by atoms with Crippen molar-refractivity contribution in [1.82, 2.24) is 0 Å². The first-order valence-corrected chi connectivity index (χ1v) is 27.4. The van der Waals surface area contributed by atoms with Crippen molar-refractivity contribution in [2.75, 3.05) is 0 Å². The molecule has 0 aliphatic heterocycles. The Bertz CT molecular complexity index is 757. The van der Waals surface area contributed by atoms with Crippen LogP contribution in [0, 0.1) is 0 Å². The normalized spacial score (nSPS) is 11.9. The average Bonchev–Trinajstić information content (AvgIpc) is 2.85. The van der Waals surface area contributed by atoms with E-state index in [-0.39, 0.29) is 36.6 Å². The molecule has 0 saturated carbocycles. The van der Waals surface area contributed by atoms with Gasteiger partial charge in [-0.2, -0.15) is 0 Å². The molecule has 0 aliphatic carbocycles. The summed E-state index contributed by atoms with van der Waals surface area (Å²) in [6.07, 6.45) is -0.644. The van der Waals surface area contributed by atoms with Gasteiger partial charge in [0.25, 0.3) is 0 Å². The molecule has 0 bridgehead atoms. The van der Waals surface area contributed by atoms with Crippen LogP contribution in [0.4, 0.5) is 0 Å². The van der Waals surface area contributed by atoms with Crippen LogP contribution in [0.15, 0.2) is 0 Å². The van der Waals surface area contributed by atoms with Gasteiger partial charge in [-0.25, -0.2) is 0 Å². The summed E-state index contributed by atoms with van der Waals surface area (Å²) in [6, 6.07) is 0. The van der Waals surface area contributed by atoms with E-state index in [1.807, 2.05) is 83.1 Å². The van der Waals surface area contributed by atoms with Crippen LogP contribution in [0.5, 0.6) is 0 Å². The van der Waals surface area contributed by atoms with E-state index in [4.69, 9.17) is 69.1 Å². The zero-order chi connectivity index (χ0) is 58.2. The number of hydrogen-bond donors (Lipinski definition) is 9. The Morgan fingerprint density at radius 3 is 0.328 bits per heavy atom. The van der Waals surface area contributed by atoms with Crippen molar-refractivity contribution in [3.05, 3.63) is 0 Å². The molecule has 0 aromatic heterocycles. The SMILES string of the molecule is CC(C)(C)O.CC(C)(C)O.CC(C)(C)O.CC(C)(C)O.CC(C)(C)O.CC(C)(C)O.CC(C)(C)O.CC(C)O[Si](O)(OC(C)C)OC(C)C.CC(C)O[Si](O)(OC(C)C)OC(C)C.[O]=[Mo].[O]=[Mo]. The average molecular weight is 1190 g/mol. The van der Waals surface area contributed by atoms with Crippen LogP contribution in [0.1, 0.15) is 228 Å². The van der Waals surface area contributed by atoms with E-state index in [2.05, 4.69) is 0 Å². The second kappa shape index (κ2) is 46.6. The molecule has 0 radical (unpaired) electrons. The van der Waals surface area contributed by atoms with Gasteiger partial charge in [0.05, 0.1) is 39.2 Å². The molecule has 0 aromatic rings. The Morgan fingerprint density at radius 2 is 0.299 bits per heavy atom. The fraction of sp³-hybridized carbons (Fsp3) is 1.00. The van der Waals surface area contributed by atoms with Crippen molar-refractivity contribution in [1.29, 1.82) is 0 Å². The predicted molar refractivity (Wildman–Crippen MR) is 268 cm³/mol. The van der Waals surface area contributed by atoms with E-state index in [0.29, 0.717) is 39.6 Å². The molecule has 0 spiro atoms. The van der Waals surface area contributed by atoms with Crippen LogP contribution in [0.2, 0.25) is 0 Å². The molecule has 0 saturated heterocycles. The topological polar surface area (TPSA) is 272 Å². The van der Waals surface area contributed by atoms with Crippen molar-refractivity contribution in [2.45, 2.75) is 304 Å². The van der Waals surface area contributed by atoms with Gasteiger partial charge >= 0.3 is 64.4 Å². The fourth-order valence-corrected chi connectivity index (χ4v) is 5.86. The summed E-state index contributed by atoms with van der Waals surface area (Å²) in [7, 11) is -6.88. The predicted octanol–water partition coefficient (Wildman–Crippen LogP) is 8.58. The Labute approximate surface area is 438 Å². The van der Waals surface area contributed by atoms with Crippen molar-refractivity contribution in [2.24, 2.45) is 0 Å². The maximum atomic E-state index is 9.99. The van der Waals surface area contributed by atoms with E-state index in [9.17, 15) is 9.59 Å². The van der Waals surface area contributed by atoms with Gasteiger partial charge < -0.3 is 71.9 Å². The summed E-state index contributed by atoms with van der Waals surface area (Å²) in [5.41, 5.74) is -3.50. The van der Waals surface area contributed by atoms with Gasteiger partial charge in [-0.3, -0.25) is 0 Å². The molecule has 420 valence electrons. The molecule has 0 unspecified atom stereocenters. The summed E-state index contributed by atoms with van der Waals surface area (Å²) in [5.74, 6) is 0. The van der Waals surface area contributed by atoms with Crippen LogP contribution in [-0.2, 0) is 72.9 Å². The molecule has 67 heavy (non-hydrogen) atoms. The zero-order valence-corrected chi connectivity index (χ0v) is 55.1. The number of aliphatic hydroxyl groups is 7. The van der Waals surface area contributed by atoms with Gasteiger partial charge in [-0.1, -0.05) is 0 Å². The van der Waals surface area contributed by atoms with E-state index in [1.165, 1.54) is 0 Å². The molecular weight excluding hydrogens is 1070 g/mol. The third-order valence-corrected chi connectivity index (χ3v) is 6.92. The Kier molecular flexibility index (Phi) is 65.2. The van der Waals surface area contributed by atoms with Gasteiger partial charge in [-0.05, 0) is 228 Å². The molecule has 21 heteroatoms. The summed E-state index contributed by atoms with van der Waals surface area (Å²) in [4.78, 5) is 20.0. The first kappa shape index (κ1) is 93.8. The standard InChI is InChI=1S/2C9H22O4Si.7C4H10O.2Mo.2O/c2*1-7(2)11-14(10,12-8(3)4)13-9(5)6;7*1-4(2,3)5;;;;/h2*7-10H,1-6H3;7*5H,1-3H3;;;;. The summed E-state index contributed by atoms with van der Waals surface area (Å²) >= 11 is 1.40. The Hall–Kier alpha value is 0.810. The van der Waals surface area contributed by atoms with Crippen molar-refractivity contribution in [3.63, 3.8) is 0 Å². The van der Waals surface area contributed by atoms with E-state index >= 15 is 0 Å². The first-order chi connectivity index (χ1) is 28.5. The molecule has 17 nitrogen and oxygen atoms in total. The minimum absolute atomic E-state index is 0.107. The van der Waals surface area contributed by atoms with E-state index in [0.717, 1.165) is 0 Å². The van der Waals surface area contributed by atoms with Gasteiger partial charge in [0.2, 0.25) is 0 Å². The van der Waals surface area contributed by atoms with Crippen LogP contribution >= 0.6 is 0 Å². The van der Waals surface area contributed by atoms with Crippen molar-refractivity contribution < 1.29 is 118 Å². The number of rotatable bonds is 12. The number of hydrogen-bond acceptors (Lipinski definition) is 17. The van der Waals surface area contributed by atoms with Gasteiger partial charge in [0, 0.05) is 36.6 Å². The van der Waals surface area contributed by atoms with Crippen LogP contribution in [0.3, 0.4) is 0 Å². The van der Waals surface area contributed by atoms with E-state index in [1.54, 1.807) is 145 Å². The second-order valence-electron chi connectivity index (χ2n) is 23.2. The monoisotopic (exact) mass is 1190 g/mol. The Morgan fingerprint density at radius 1 is 0.254 bits per heavy atom. The second-order valence-corrected chi connectivity index (χ2v) is 26.8. The fourth-order valence-electron chi connectivity index (χ4n) is 1.95. The van der Waals surface area contributed by atoms with E-state index < -0.39 is 57.3 Å². The van der Waals surface area contributed by atoms with Crippen LogP contribution < -0.4 is 0 Å². The van der Waals surface area contributed by atoms with Crippen molar-refractivity contribution >= 4 is 18.1 Å². The van der Waals surface area contributed by atoms with Gasteiger partial charge in [0.1, 0.15) is 0 Å². The molecule has 0 aromatic carbocycles. The quantitative estimate of drug-likeness (QED) is 0.0828. The summed E-state index contributed by atoms with van der Waals surface area (Å²) in [6.45, 7) is 58.7. The molecular formula is C46H114Mo2O17Si2. The molecule has 0 rings (SSSR count). The third kappa shape index (κ3) is 296. The molecule has 0 aliphatic rings. The molecule has 0 atom stereocenters. The third-order valence-electron chi connectivity index (χ3n) is 2.31. The molecule has 0 amide bonds. The molecule has 0 heterocycles. The maximum absolute atomic E-state index is 9.99. The van der Waals surface area contributed by atoms with Gasteiger partial charge in [0.15, 0.2) is 0 Å². The Balaban J connectivity index is -0.0000000605. The summed E-state index contributed by atoms with van der Waals surface area (Å²) < 4.78 is 48.4. The van der Waals surface area contributed by atoms with Crippen LogP contribution in [-0.4, -0.2) is 139 Å². The minimum atomic E-state index is -3.44. The van der Waals surface area contributed by atoms with Crippen molar-refractivity contribution in [3.8, 4) is 0 Å². The zero-order valence-electron chi connectivity index (χ0n) is 49.1. The van der Waals surface area contributed by atoms with Gasteiger partial charge in [-0.15, -0.1) is 0 Å². The van der Waals surface area contributed by atoms with Crippen LogP contribution in [0.25, 0.3) is 0 Å². The first-order valence-electron chi connectivity index (χ1n) is 22.4. The summed E-state index contributed by atoms with van der Waals surface area (Å²) in [5, 5.41) is 59.6. The molecule has 0 fully saturated rings.